The second-order valence-electron chi connectivity index (χ2n) is 4.65. The average molecular weight is 199 g/mol. The number of nitriles is 1. The zero-order chi connectivity index (χ0) is 11.3. The summed E-state index contributed by atoms with van der Waals surface area (Å²) in [7, 11) is 0. The molecule has 0 saturated heterocycles. The van der Waals surface area contributed by atoms with E-state index in [1.165, 1.54) is 30.4 Å². The van der Waals surface area contributed by atoms with E-state index in [0.29, 0.717) is 0 Å². The Balaban J connectivity index is 2.91. The van der Waals surface area contributed by atoms with E-state index in [1.54, 1.807) is 6.08 Å². The van der Waals surface area contributed by atoms with Gasteiger partial charge in [0.25, 0.3) is 0 Å². The van der Waals surface area contributed by atoms with Crippen LogP contribution in [0.5, 0.6) is 0 Å². The van der Waals surface area contributed by atoms with Crippen LogP contribution in [-0.4, -0.2) is 0 Å². The molecule has 0 heterocycles. The van der Waals surface area contributed by atoms with E-state index in [2.05, 4.69) is 38.7 Å². The predicted molar refractivity (Wildman–Crippen MR) is 62.9 cm³/mol. The van der Waals surface area contributed by atoms with Crippen molar-refractivity contribution in [2.75, 3.05) is 0 Å². The molecule has 0 aromatic carbocycles. The van der Waals surface area contributed by atoms with E-state index in [-0.39, 0.29) is 5.41 Å². The van der Waals surface area contributed by atoms with Gasteiger partial charge in [0.05, 0.1) is 0 Å². The third kappa shape index (κ3) is 3.00. The molecule has 0 bridgehead atoms. The van der Waals surface area contributed by atoms with Gasteiger partial charge in [0.1, 0.15) is 0 Å². The third-order valence-corrected chi connectivity index (χ3v) is 3.00. The highest BCUT2D eigenvalue weighted by Gasteiger charge is 2.26. The summed E-state index contributed by atoms with van der Waals surface area (Å²) >= 11 is 0. The first-order chi connectivity index (χ1) is 7.08. The van der Waals surface area contributed by atoms with Gasteiger partial charge in [0, 0.05) is 5.92 Å². The molecule has 0 aromatic heterocycles. The number of rotatable bonds is 1. The van der Waals surface area contributed by atoms with E-state index >= 15 is 0 Å². The standard InChI is InChI=1S/C14H17N/c1-12-8-7-10-14(2,3)13(12)9-5-4-6-11-15/h5,9H,7-8,10H2,1-3H3. The highest BCUT2D eigenvalue weighted by Crippen LogP contribution is 2.40. The van der Waals surface area contributed by atoms with Crippen molar-refractivity contribution in [2.45, 2.75) is 40.0 Å². The van der Waals surface area contributed by atoms with Gasteiger partial charge in [-0.25, -0.2) is 0 Å². The van der Waals surface area contributed by atoms with Gasteiger partial charge < -0.3 is 0 Å². The van der Waals surface area contributed by atoms with Gasteiger partial charge in [-0.1, -0.05) is 31.4 Å². The summed E-state index contributed by atoms with van der Waals surface area (Å²) in [6, 6.07) is 1.81. The molecule has 1 rings (SSSR count). The fourth-order valence-electron chi connectivity index (χ4n) is 2.21. The molecule has 1 nitrogen and oxygen atoms in total. The Morgan fingerprint density at radius 3 is 2.73 bits per heavy atom. The first kappa shape index (κ1) is 11.6. The smallest absolute Gasteiger partial charge is 0.152 e. The van der Waals surface area contributed by atoms with Crippen molar-refractivity contribution < 1.29 is 0 Å². The first-order valence-corrected chi connectivity index (χ1v) is 5.34. The van der Waals surface area contributed by atoms with Gasteiger partial charge in [0.2, 0.25) is 0 Å². The van der Waals surface area contributed by atoms with Gasteiger partial charge in [-0.15, -0.1) is 0 Å². The van der Waals surface area contributed by atoms with Crippen molar-refractivity contribution in [1.29, 1.82) is 5.26 Å². The van der Waals surface area contributed by atoms with Crippen molar-refractivity contribution in [2.24, 2.45) is 5.41 Å². The van der Waals surface area contributed by atoms with Crippen molar-refractivity contribution in [3.05, 3.63) is 23.3 Å². The van der Waals surface area contributed by atoms with Gasteiger partial charge in [0.15, 0.2) is 6.07 Å². The molecule has 1 aliphatic carbocycles. The molecule has 1 aliphatic rings. The fourth-order valence-corrected chi connectivity index (χ4v) is 2.21. The maximum Gasteiger partial charge on any atom is 0.152 e. The lowest BCUT2D eigenvalue weighted by Gasteiger charge is -2.32. The highest BCUT2D eigenvalue weighted by molar-refractivity contribution is 5.37. The van der Waals surface area contributed by atoms with E-state index in [9.17, 15) is 0 Å². The maximum atomic E-state index is 8.29. The lowest BCUT2D eigenvalue weighted by atomic mass is 9.73. The second-order valence-corrected chi connectivity index (χ2v) is 4.65. The molecule has 0 radical (unpaired) electrons. The van der Waals surface area contributed by atoms with Crippen LogP contribution >= 0.6 is 0 Å². The lowest BCUT2D eigenvalue weighted by molar-refractivity contribution is 0.377. The molecule has 0 atom stereocenters. The van der Waals surface area contributed by atoms with Gasteiger partial charge in [-0.3, -0.25) is 0 Å². The van der Waals surface area contributed by atoms with E-state index in [0.717, 1.165) is 0 Å². The summed E-state index contributed by atoms with van der Waals surface area (Å²) < 4.78 is 0. The van der Waals surface area contributed by atoms with Crippen molar-refractivity contribution >= 4 is 0 Å². The summed E-state index contributed by atoms with van der Waals surface area (Å²) in [6.45, 7) is 6.73. The third-order valence-electron chi connectivity index (χ3n) is 3.00. The van der Waals surface area contributed by atoms with E-state index in [4.69, 9.17) is 5.26 Å². The van der Waals surface area contributed by atoms with Crippen LogP contribution in [0.4, 0.5) is 0 Å². The predicted octanol–water partition coefficient (Wildman–Crippen LogP) is 3.60. The van der Waals surface area contributed by atoms with Gasteiger partial charge >= 0.3 is 0 Å². The molecule has 1 heteroatoms. The van der Waals surface area contributed by atoms with Crippen molar-refractivity contribution in [3.63, 3.8) is 0 Å². The summed E-state index contributed by atoms with van der Waals surface area (Å²) in [4.78, 5) is 0. The Hall–Kier alpha value is -1.47. The molecule has 0 saturated carbocycles. The SMILES string of the molecule is CC1=C(C=CC#CC#N)C(C)(C)CCC1. The molecule has 0 N–H and O–H groups in total. The summed E-state index contributed by atoms with van der Waals surface area (Å²) in [5, 5.41) is 8.29. The maximum absolute atomic E-state index is 8.29. The minimum atomic E-state index is 0.257. The number of hydrogen-bond acceptors (Lipinski definition) is 1. The molecule has 0 aliphatic heterocycles. The lowest BCUT2D eigenvalue weighted by Crippen LogP contribution is -2.18. The summed E-state index contributed by atoms with van der Waals surface area (Å²) in [5.41, 5.74) is 3.11. The van der Waals surface area contributed by atoms with Crippen molar-refractivity contribution in [1.82, 2.24) is 0 Å². The molecule has 0 aromatic rings. The minimum absolute atomic E-state index is 0.257. The normalized spacial score (nSPS) is 19.6. The van der Waals surface area contributed by atoms with Crippen molar-refractivity contribution in [3.8, 4) is 17.9 Å². The largest absolute Gasteiger partial charge is 0.183 e. The molecular weight excluding hydrogens is 182 g/mol. The van der Waals surface area contributed by atoms with Crippen LogP contribution in [0.3, 0.4) is 0 Å². The molecule has 0 spiro atoms. The Morgan fingerprint density at radius 1 is 1.40 bits per heavy atom. The fraction of sp³-hybridized carbons (Fsp3) is 0.500. The molecule has 15 heavy (non-hydrogen) atoms. The number of allylic oxidation sites excluding steroid dienone is 4. The van der Waals surface area contributed by atoms with E-state index in [1.807, 2.05) is 6.07 Å². The molecule has 78 valence electrons. The zero-order valence-electron chi connectivity index (χ0n) is 9.72. The summed E-state index contributed by atoms with van der Waals surface area (Å²) in [6.07, 6.45) is 7.55. The van der Waals surface area contributed by atoms with E-state index < -0.39 is 0 Å². The summed E-state index contributed by atoms with van der Waals surface area (Å²) in [5.74, 6) is 5.09. The van der Waals surface area contributed by atoms with Crippen LogP contribution in [0.1, 0.15) is 40.0 Å². The average Bonchev–Trinajstić information content (AvgIpc) is 2.15. The van der Waals surface area contributed by atoms with Crippen LogP contribution in [0, 0.1) is 28.6 Å². The Bertz CT molecular complexity index is 391. The van der Waals surface area contributed by atoms with Crippen LogP contribution in [0.25, 0.3) is 0 Å². The second kappa shape index (κ2) is 4.85. The quantitative estimate of drug-likeness (QED) is 0.592. The van der Waals surface area contributed by atoms with Crippen LogP contribution in [-0.2, 0) is 0 Å². The van der Waals surface area contributed by atoms with Gasteiger partial charge in [-0.2, -0.15) is 5.26 Å². The van der Waals surface area contributed by atoms with Crippen LogP contribution in [0.2, 0.25) is 0 Å². The Kier molecular flexibility index (Phi) is 3.75. The monoisotopic (exact) mass is 199 g/mol. The highest BCUT2D eigenvalue weighted by atomic mass is 14.3. The molecular formula is C14H17N. The molecule has 0 unspecified atom stereocenters. The Morgan fingerprint density at radius 2 is 2.13 bits per heavy atom. The zero-order valence-corrected chi connectivity index (χ0v) is 9.72. The Labute approximate surface area is 92.5 Å². The first-order valence-electron chi connectivity index (χ1n) is 5.34. The molecule has 0 amide bonds. The number of hydrogen-bond donors (Lipinski definition) is 0. The number of nitrogens with zero attached hydrogens (tertiary/aromatic N) is 1. The minimum Gasteiger partial charge on any atom is -0.183 e. The van der Waals surface area contributed by atoms with Crippen LogP contribution < -0.4 is 0 Å². The van der Waals surface area contributed by atoms with Crippen LogP contribution in [0.15, 0.2) is 23.3 Å². The molecule has 0 fully saturated rings. The topological polar surface area (TPSA) is 23.8 Å². The van der Waals surface area contributed by atoms with Gasteiger partial charge in [-0.05, 0) is 43.3 Å².